The van der Waals surface area contributed by atoms with Crippen LogP contribution in [0.1, 0.15) is 23.2 Å². The van der Waals surface area contributed by atoms with Gasteiger partial charge in [0.15, 0.2) is 0 Å². The van der Waals surface area contributed by atoms with E-state index in [1.54, 1.807) is 19.2 Å². The van der Waals surface area contributed by atoms with Crippen molar-refractivity contribution in [3.05, 3.63) is 28.8 Å². The van der Waals surface area contributed by atoms with Gasteiger partial charge in [0, 0.05) is 38.9 Å². The summed E-state index contributed by atoms with van der Waals surface area (Å²) in [4.78, 5) is 25.9. The van der Waals surface area contributed by atoms with Crippen molar-refractivity contribution < 1.29 is 14.7 Å². The van der Waals surface area contributed by atoms with Crippen LogP contribution in [-0.2, 0) is 0 Å². The molecule has 0 radical (unpaired) electrons. The maximum Gasteiger partial charge on any atom is 0.319 e. The number of carbonyl (C=O) groups excluding carboxylic acids is 2. The van der Waals surface area contributed by atoms with Crippen molar-refractivity contribution in [3.63, 3.8) is 0 Å². The van der Waals surface area contributed by atoms with Gasteiger partial charge >= 0.3 is 6.03 Å². The molecule has 2 rings (SSSR count). The highest BCUT2D eigenvalue weighted by molar-refractivity contribution is 6.33. The summed E-state index contributed by atoms with van der Waals surface area (Å²) in [5.74, 6) is 0.0810. The monoisotopic (exact) mass is 368 g/mol. The molecule has 0 saturated carbocycles. The third kappa shape index (κ3) is 5.88. The third-order valence-corrected chi connectivity index (χ3v) is 4.61. The Morgan fingerprint density at radius 3 is 2.92 bits per heavy atom. The van der Waals surface area contributed by atoms with E-state index in [2.05, 4.69) is 20.9 Å². The number of nitrogens with one attached hydrogen (secondary N) is 3. The highest BCUT2D eigenvalue weighted by atomic mass is 35.5. The topological polar surface area (TPSA) is 93.7 Å². The average molecular weight is 369 g/mol. The number of aliphatic hydroxyl groups excluding tert-OH is 1. The first-order valence-electron chi connectivity index (χ1n) is 8.43. The molecule has 1 aliphatic heterocycles. The number of amides is 3. The summed E-state index contributed by atoms with van der Waals surface area (Å²) in [6.45, 7) is 3.29. The van der Waals surface area contributed by atoms with Crippen LogP contribution in [0.4, 0.5) is 10.5 Å². The SMILES string of the molecule is CNC(=O)c1ccc(Cl)c(NC(=O)NCCN2CCCC(CO)C2)c1. The first-order chi connectivity index (χ1) is 12.0. The Morgan fingerprint density at radius 1 is 1.40 bits per heavy atom. The van der Waals surface area contributed by atoms with Gasteiger partial charge in [-0.3, -0.25) is 4.79 Å². The smallest absolute Gasteiger partial charge is 0.319 e. The minimum Gasteiger partial charge on any atom is -0.396 e. The second kappa shape index (κ2) is 9.60. The third-order valence-electron chi connectivity index (χ3n) is 4.28. The van der Waals surface area contributed by atoms with Crippen LogP contribution < -0.4 is 16.0 Å². The number of benzene rings is 1. The number of urea groups is 1. The lowest BCUT2D eigenvalue weighted by molar-refractivity contribution is 0.0963. The molecular weight excluding hydrogens is 344 g/mol. The molecule has 0 aliphatic carbocycles. The van der Waals surface area contributed by atoms with Crippen molar-refractivity contribution in [2.75, 3.05) is 45.2 Å². The van der Waals surface area contributed by atoms with E-state index in [0.717, 1.165) is 32.5 Å². The molecule has 1 aliphatic rings. The van der Waals surface area contributed by atoms with E-state index in [9.17, 15) is 14.7 Å². The van der Waals surface area contributed by atoms with Crippen molar-refractivity contribution in [3.8, 4) is 0 Å². The summed E-state index contributed by atoms with van der Waals surface area (Å²) in [5, 5.41) is 17.6. The van der Waals surface area contributed by atoms with Crippen LogP contribution in [0.3, 0.4) is 0 Å². The fourth-order valence-corrected chi connectivity index (χ4v) is 3.07. The summed E-state index contributed by atoms with van der Waals surface area (Å²) >= 11 is 6.07. The molecule has 8 heteroatoms. The van der Waals surface area contributed by atoms with Gasteiger partial charge in [-0.15, -0.1) is 0 Å². The molecule has 1 aromatic carbocycles. The minimum atomic E-state index is -0.369. The quantitative estimate of drug-likeness (QED) is 0.612. The van der Waals surface area contributed by atoms with Crippen LogP contribution in [0.5, 0.6) is 0 Å². The van der Waals surface area contributed by atoms with Crippen molar-refractivity contribution in [1.82, 2.24) is 15.5 Å². The predicted molar refractivity (Wildman–Crippen MR) is 98.1 cm³/mol. The number of hydrogen-bond donors (Lipinski definition) is 4. The van der Waals surface area contributed by atoms with E-state index in [4.69, 9.17) is 11.6 Å². The van der Waals surface area contributed by atoms with E-state index in [1.165, 1.54) is 6.07 Å². The highest BCUT2D eigenvalue weighted by Crippen LogP contribution is 2.23. The fourth-order valence-electron chi connectivity index (χ4n) is 2.90. The Kier molecular flexibility index (Phi) is 7.49. The van der Waals surface area contributed by atoms with E-state index in [1.807, 2.05) is 0 Å². The number of rotatable bonds is 6. The standard InChI is InChI=1S/C17H25ClN4O3/c1-19-16(24)13-4-5-14(18)15(9-13)21-17(25)20-6-8-22-7-2-3-12(10-22)11-23/h4-5,9,12,23H,2-3,6-8,10-11H2,1H3,(H,19,24)(H2,20,21,25). The zero-order valence-corrected chi connectivity index (χ0v) is 15.1. The summed E-state index contributed by atoms with van der Waals surface area (Å²) < 4.78 is 0. The number of halogens is 1. The van der Waals surface area contributed by atoms with Gasteiger partial charge in [-0.2, -0.15) is 0 Å². The van der Waals surface area contributed by atoms with Crippen LogP contribution in [0, 0.1) is 5.92 Å². The van der Waals surface area contributed by atoms with E-state index in [-0.39, 0.29) is 18.5 Å². The summed E-state index contributed by atoms with van der Waals surface area (Å²) in [7, 11) is 1.54. The van der Waals surface area contributed by atoms with Gasteiger partial charge in [0.1, 0.15) is 0 Å². The molecule has 0 aromatic heterocycles. The molecular formula is C17H25ClN4O3. The molecule has 1 atom stereocenters. The molecule has 1 fully saturated rings. The lowest BCUT2D eigenvalue weighted by Gasteiger charge is -2.31. The summed E-state index contributed by atoms with van der Waals surface area (Å²) in [6.07, 6.45) is 2.13. The lowest BCUT2D eigenvalue weighted by Crippen LogP contribution is -2.42. The largest absolute Gasteiger partial charge is 0.396 e. The maximum absolute atomic E-state index is 12.0. The summed E-state index contributed by atoms with van der Waals surface area (Å²) in [5.41, 5.74) is 0.809. The number of aliphatic hydroxyl groups is 1. The van der Waals surface area contributed by atoms with Gasteiger partial charge in [0.2, 0.25) is 0 Å². The molecule has 1 unspecified atom stereocenters. The molecule has 1 saturated heterocycles. The molecule has 25 heavy (non-hydrogen) atoms. The highest BCUT2D eigenvalue weighted by Gasteiger charge is 2.18. The molecule has 0 spiro atoms. The Hall–Kier alpha value is -1.83. The van der Waals surface area contributed by atoms with Gasteiger partial charge in [0.25, 0.3) is 5.91 Å². The molecule has 0 bridgehead atoms. The second-order valence-corrected chi connectivity index (χ2v) is 6.55. The second-order valence-electron chi connectivity index (χ2n) is 6.15. The van der Waals surface area contributed by atoms with Crippen LogP contribution >= 0.6 is 11.6 Å². The average Bonchev–Trinajstić information content (AvgIpc) is 2.63. The molecule has 7 nitrogen and oxygen atoms in total. The van der Waals surface area contributed by atoms with E-state index in [0.29, 0.717) is 28.7 Å². The first kappa shape index (κ1) is 19.5. The number of carbonyl (C=O) groups is 2. The zero-order valence-electron chi connectivity index (χ0n) is 14.3. The number of piperidine rings is 1. The zero-order chi connectivity index (χ0) is 18.2. The molecule has 138 valence electrons. The van der Waals surface area contributed by atoms with E-state index >= 15 is 0 Å². The number of nitrogens with zero attached hydrogens (tertiary/aromatic N) is 1. The number of anilines is 1. The first-order valence-corrected chi connectivity index (χ1v) is 8.81. The molecule has 1 aromatic rings. The molecule has 3 amide bonds. The Bertz CT molecular complexity index is 612. The van der Waals surface area contributed by atoms with Gasteiger partial charge in [-0.25, -0.2) is 4.79 Å². The molecule has 4 N–H and O–H groups in total. The van der Waals surface area contributed by atoms with Crippen molar-refractivity contribution in [2.24, 2.45) is 5.92 Å². The predicted octanol–water partition coefficient (Wildman–Crippen LogP) is 1.53. The summed E-state index contributed by atoms with van der Waals surface area (Å²) in [6, 6.07) is 4.34. The van der Waals surface area contributed by atoms with Crippen molar-refractivity contribution in [1.29, 1.82) is 0 Å². The Morgan fingerprint density at radius 2 is 2.20 bits per heavy atom. The Balaban J connectivity index is 1.81. The number of hydrogen-bond acceptors (Lipinski definition) is 4. The van der Waals surface area contributed by atoms with Crippen LogP contribution in [0.2, 0.25) is 5.02 Å². The maximum atomic E-state index is 12.0. The van der Waals surface area contributed by atoms with Crippen molar-refractivity contribution >= 4 is 29.2 Å². The van der Waals surface area contributed by atoms with E-state index < -0.39 is 0 Å². The van der Waals surface area contributed by atoms with Crippen LogP contribution in [-0.4, -0.2) is 61.8 Å². The number of likely N-dealkylation sites (tertiary alicyclic amines) is 1. The fraction of sp³-hybridized carbons (Fsp3) is 0.529. The van der Waals surface area contributed by atoms with Gasteiger partial charge in [-0.1, -0.05) is 11.6 Å². The Labute approximate surface area is 152 Å². The van der Waals surface area contributed by atoms with Crippen molar-refractivity contribution in [2.45, 2.75) is 12.8 Å². The lowest BCUT2D eigenvalue weighted by atomic mass is 9.99. The van der Waals surface area contributed by atoms with Gasteiger partial charge < -0.3 is 26.0 Å². The normalized spacial score (nSPS) is 17.8. The minimum absolute atomic E-state index is 0.213. The van der Waals surface area contributed by atoms with Gasteiger partial charge in [-0.05, 0) is 43.5 Å². The van der Waals surface area contributed by atoms with Crippen LogP contribution in [0.25, 0.3) is 0 Å². The molecule has 1 heterocycles. The van der Waals surface area contributed by atoms with Crippen LogP contribution in [0.15, 0.2) is 18.2 Å². The van der Waals surface area contributed by atoms with Gasteiger partial charge in [0.05, 0.1) is 10.7 Å².